The lowest BCUT2D eigenvalue weighted by molar-refractivity contribution is -0.136. The molecule has 0 radical (unpaired) electrons. The Balaban J connectivity index is 1.55. The number of carbonyl (C=O) groups is 2. The zero-order valence-electron chi connectivity index (χ0n) is 21.6. The Labute approximate surface area is 223 Å². The fourth-order valence-corrected chi connectivity index (χ4v) is 5.25. The Kier molecular flexibility index (Phi) is 9.04. The Morgan fingerprint density at radius 1 is 1.00 bits per heavy atom. The second-order valence-electron chi connectivity index (χ2n) is 10.1. The summed E-state index contributed by atoms with van der Waals surface area (Å²) in [6.45, 7) is 4.89. The molecule has 0 saturated heterocycles. The number of hydrogen-bond acceptors (Lipinski definition) is 2. The molecule has 0 unspecified atom stereocenters. The highest BCUT2D eigenvalue weighted by molar-refractivity contribution is 6.33. The third-order valence-corrected chi connectivity index (χ3v) is 7.48. The van der Waals surface area contributed by atoms with Crippen LogP contribution in [0.25, 0.3) is 0 Å². The lowest BCUT2D eigenvalue weighted by Gasteiger charge is -2.37. The molecular weight excluding hydrogens is 489 g/mol. The van der Waals surface area contributed by atoms with Gasteiger partial charge in [-0.25, -0.2) is 4.39 Å². The highest BCUT2D eigenvalue weighted by atomic mass is 35.5. The Morgan fingerprint density at radius 3 is 2.38 bits per heavy atom. The number of rotatable bonds is 9. The number of aromatic nitrogens is 1. The number of halogens is 2. The quantitative estimate of drug-likeness (QED) is 0.319. The van der Waals surface area contributed by atoms with Crippen LogP contribution >= 0.6 is 11.6 Å². The molecule has 1 aromatic heterocycles. The van der Waals surface area contributed by atoms with Gasteiger partial charge in [-0.05, 0) is 68.7 Å². The number of hydrogen-bond donors (Lipinski definition) is 0. The molecule has 1 aliphatic rings. The van der Waals surface area contributed by atoms with E-state index in [1.54, 1.807) is 41.3 Å². The van der Waals surface area contributed by atoms with E-state index in [0.29, 0.717) is 23.7 Å². The van der Waals surface area contributed by atoms with Crippen molar-refractivity contribution < 1.29 is 14.0 Å². The van der Waals surface area contributed by atoms with E-state index in [1.165, 1.54) is 18.6 Å². The largest absolute Gasteiger partial charge is 0.345 e. The number of carbonyl (C=O) groups excluding carboxylic acids is 2. The van der Waals surface area contributed by atoms with Crippen molar-refractivity contribution in [3.63, 3.8) is 0 Å². The molecule has 2 aromatic carbocycles. The summed E-state index contributed by atoms with van der Waals surface area (Å²) in [5, 5.41) is 0.383. The molecule has 37 heavy (non-hydrogen) atoms. The Bertz CT molecular complexity index is 1200. The first-order valence-corrected chi connectivity index (χ1v) is 13.4. The van der Waals surface area contributed by atoms with Crippen LogP contribution in [0.3, 0.4) is 0 Å². The van der Waals surface area contributed by atoms with Crippen molar-refractivity contribution in [1.82, 2.24) is 14.4 Å². The van der Waals surface area contributed by atoms with Gasteiger partial charge in [0.05, 0.1) is 17.1 Å². The van der Waals surface area contributed by atoms with Crippen LogP contribution in [0, 0.1) is 5.82 Å². The molecule has 1 heterocycles. The summed E-state index contributed by atoms with van der Waals surface area (Å²) in [7, 11) is 0. The molecule has 1 aliphatic carbocycles. The molecule has 0 bridgehead atoms. The number of benzene rings is 2. The SMILES string of the molecule is CC(C)N(CC(=O)N(Cc1cccn1Cc1ccc(F)cc1)C1CCCCC1)C(=O)c1ccccc1Cl. The van der Waals surface area contributed by atoms with Crippen molar-refractivity contribution in [3.8, 4) is 0 Å². The molecule has 3 aromatic rings. The summed E-state index contributed by atoms with van der Waals surface area (Å²) < 4.78 is 15.5. The predicted molar refractivity (Wildman–Crippen MR) is 145 cm³/mol. The van der Waals surface area contributed by atoms with E-state index in [1.807, 2.05) is 37.1 Å². The molecular formula is C30H35ClFN3O2. The normalized spacial score (nSPS) is 14.1. The zero-order valence-corrected chi connectivity index (χ0v) is 22.3. The van der Waals surface area contributed by atoms with Gasteiger partial charge in [-0.2, -0.15) is 0 Å². The lowest BCUT2D eigenvalue weighted by Crippen LogP contribution is -2.49. The van der Waals surface area contributed by atoms with Crippen molar-refractivity contribution in [3.05, 3.63) is 94.5 Å². The smallest absolute Gasteiger partial charge is 0.256 e. The number of amides is 2. The van der Waals surface area contributed by atoms with Crippen LogP contribution < -0.4 is 0 Å². The maximum atomic E-state index is 13.9. The zero-order chi connectivity index (χ0) is 26.4. The minimum atomic E-state index is -0.258. The van der Waals surface area contributed by atoms with E-state index in [2.05, 4.69) is 4.57 Å². The van der Waals surface area contributed by atoms with Gasteiger partial charge >= 0.3 is 0 Å². The molecule has 2 amide bonds. The van der Waals surface area contributed by atoms with Crippen molar-refractivity contribution in [2.45, 2.75) is 71.1 Å². The Hall–Kier alpha value is -3.12. The molecule has 0 atom stereocenters. The molecule has 7 heteroatoms. The fraction of sp³-hybridized carbons (Fsp3) is 0.400. The maximum absolute atomic E-state index is 13.9. The molecule has 1 fully saturated rings. The van der Waals surface area contributed by atoms with Gasteiger partial charge in [0, 0.05) is 30.5 Å². The molecule has 5 nitrogen and oxygen atoms in total. The van der Waals surface area contributed by atoms with E-state index in [0.717, 1.165) is 36.9 Å². The minimum absolute atomic E-state index is 0.00308. The molecule has 4 rings (SSSR count). The van der Waals surface area contributed by atoms with Crippen molar-refractivity contribution in [2.75, 3.05) is 6.54 Å². The van der Waals surface area contributed by atoms with Gasteiger partial charge in [-0.3, -0.25) is 9.59 Å². The van der Waals surface area contributed by atoms with Crippen LogP contribution in [-0.2, 0) is 17.9 Å². The average Bonchev–Trinajstić information content (AvgIpc) is 3.33. The summed E-state index contributed by atoms with van der Waals surface area (Å²) >= 11 is 6.31. The van der Waals surface area contributed by atoms with E-state index < -0.39 is 0 Å². The van der Waals surface area contributed by atoms with Crippen molar-refractivity contribution >= 4 is 23.4 Å². The second-order valence-corrected chi connectivity index (χ2v) is 10.5. The van der Waals surface area contributed by atoms with Crippen LogP contribution in [0.15, 0.2) is 66.9 Å². The standard InChI is InChI=1S/C30H35ClFN3O2/c1-22(2)34(30(37)27-12-6-7-13-28(27)31)21-29(36)35(25-9-4-3-5-10-25)20-26-11-8-18-33(26)19-23-14-16-24(32)17-15-23/h6-8,11-18,22,25H,3-5,9-10,19-21H2,1-2H3. The fourth-order valence-electron chi connectivity index (χ4n) is 5.04. The predicted octanol–water partition coefficient (Wildman–Crippen LogP) is 6.54. The molecule has 0 spiro atoms. The maximum Gasteiger partial charge on any atom is 0.256 e. The third kappa shape index (κ3) is 6.80. The number of nitrogens with zero attached hydrogens (tertiary/aromatic N) is 3. The molecule has 196 valence electrons. The first kappa shape index (κ1) is 26.9. The second kappa shape index (κ2) is 12.4. The van der Waals surface area contributed by atoms with E-state index in [9.17, 15) is 14.0 Å². The van der Waals surface area contributed by atoms with Gasteiger partial charge in [0.1, 0.15) is 12.4 Å². The molecule has 0 aliphatic heterocycles. The highest BCUT2D eigenvalue weighted by Gasteiger charge is 2.30. The first-order valence-electron chi connectivity index (χ1n) is 13.1. The van der Waals surface area contributed by atoms with E-state index in [4.69, 9.17) is 11.6 Å². The average molecular weight is 524 g/mol. The first-order chi connectivity index (χ1) is 17.8. The van der Waals surface area contributed by atoms with E-state index >= 15 is 0 Å². The monoisotopic (exact) mass is 523 g/mol. The molecule has 1 saturated carbocycles. The van der Waals surface area contributed by atoms with Gasteiger partial charge < -0.3 is 14.4 Å². The van der Waals surface area contributed by atoms with Crippen molar-refractivity contribution in [1.29, 1.82) is 0 Å². The Morgan fingerprint density at radius 2 is 1.70 bits per heavy atom. The van der Waals surface area contributed by atoms with Gasteiger partial charge in [0.15, 0.2) is 0 Å². The van der Waals surface area contributed by atoms with E-state index in [-0.39, 0.29) is 36.3 Å². The summed E-state index contributed by atoms with van der Waals surface area (Å²) in [4.78, 5) is 30.8. The summed E-state index contributed by atoms with van der Waals surface area (Å²) in [6, 6.07) is 17.4. The lowest BCUT2D eigenvalue weighted by atomic mass is 9.94. The van der Waals surface area contributed by atoms with Gasteiger partial charge in [0.2, 0.25) is 5.91 Å². The van der Waals surface area contributed by atoms with Crippen LogP contribution in [0.5, 0.6) is 0 Å². The summed E-state index contributed by atoms with van der Waals surface area (Å²) in [5.41, 5.74) is 2.41. The summed E-state index contributed by atoms with van der Waals surface area (Å²) in [5.74, 6) is -0.556. The topological polar surface area (TPSA) is 45.6 Å². The van der Waals surface area contributed by atoms with Gasteiger partial charge in [-0.15, -0.1) is 0 Å². The molecule has 0 N–H and O–H groups in total. The van der Waals surface area contributed by atoms with Crippen LogP contribution in [0.4, 0.5) is 4.39 Å². The van der Waals surface area contributed by atoms with Crippen LogP contribution in [0.1, 0.15) is 67.6 Å². The third-order valence-electron chi connectivity index (χ3n) is 7.15. The van der Waals surface area contributed by atoms with Crippen LogP contribution in [-0.4, -0.2) is 44.8 Å². The van der Waals surface area contributed by atoms with Gasteiger partial charge in [-0.1, -0.05) is 55.1 Å². The van der Waals surface area contributed by atoms with Crippen LogP contribution in [0.2, 0.25) is 5.02 Å². The van der Waals surface area contributed by atoms with Gasteiger partial charge in [0.25, 0.3) is 5.91 Å². The van der Waals surface area contributed by atoms with Crippen molar-refractivity contribution in [2.24, 2.45) is 0 Å². The highest BCUT2D eigenvalue weighted by Crippen LogP contribution is 2.26. The minimum Gasteiger partial charge on any atom is -0.345 e. The summed E-state index contributed by atoms with van der Waals surface area (Å²) in [6.07, 6.45) is 7.29.